The average molecular weight is 356 g/mol. The highest BCUT2D eigenvalue weighted by molar-refractivity contribution is 8.18. The van der Waals surface area contributed by atoms with Gasteiger partial charge in [-0.3, -0.25) is 14.9 Å². The number of imide groups is 1. The van der Waals surface area contributed by atoms with Crippen LogP contribution >= 0.6 is 11.8 Å². The minimum Gasteiger partial charge on any atom is -0.492 e. The molecule has 1 aliphatic heterocycles. The number of amides is 2. The minimum absolute atomic E-state index is 0.345. The minimum atomic E-state index is -0.360. The zero-order chi connectivity index (χ0) is 17.6. The van der Waals surface area contributed by atoms with Crippen molar-refractivity contribution in [3.63, 3.8) is 0 Å². The number of rotatable bonds is 6. The summed E-state index contributed by atoms with van der Waals surface area (Å²) in [6.45, 7) is 1.14. The number of likely N-dealkylation sites (N-methyl/N-ethyl adjacent to an activating group) is 1. The molecule has 0 aliphatic carbocycles. The summed E-state index contributed by atoms with van der Waals surface area (Å²) < 4.78 is 5.70. The largest absolute Gasteiger partial charge is 0.492 e. The average Bonchev–Trinajstić information content (AvgIpc) is 2.94. The lowest BCUT2D eigenvalue weighted by molar-refractivity contribution is -0.115. The maximum Gasteiger partial charge on any atom is 0.290 e. The van der Waals surface area contributed by atoms with Crippen LogP contribution < -0.4 is 15.0 Å². The first kappa shape index (κ1) is 17.0. The summed E-state index contributed by atoms with van der Waals surface area (Å²) in [5.41, 5.74) is 0.828. The molecule has 128 valence electrons. The Labute approximate surface area is 149 Å². The van der Waals surface area contributed by atoms with E-state index in [4.69, 9.17) is 4.74 Å². The summed E-state index contributed by atoms with van der Waals surface area (Å²) in [5.74, 6) is 1.01. The smallest absolute Gasteiger partial charge is 0.290 e. The van der Waals surface area contributed by atoms with Gasteiger partial charge in [0.05, 0.1) is 11.4 Å². The Bertz CT molecular complexity index is 793. The summed E-state index contributed by atoms with van der Waals surface area (Å²) in [4.78, 5) is 33.3. The van der Waals surface area contributed by atoms with Crippen LogP contribution in [0.5, 0.6) is 5.75 Å². The van der Waals surface area contributed by atoms with Crippen LogP contribution in [0, 0.1) is 0 Å². The lowest BCUT2D eigenvalue weighted by Crippen LogP contribution is -2.25. The number of ether oxygens (including phenoxy) is 1. The summed E-state index contributed by atoms with van der Waals surface area (Å²) in [6.07, 6.45) is 5.07. The number of benzene rings is 1. The maximum atomic E-state index is 11.5. The van der Waals surface area contributed by atoms with Gasteiger partial charge in [0.1, 0.15) is 12.4 Å². The monoisotopic (exact) mass is 356 g/mol. The Kier molecular flexibility index (Phi) is 5.30. The molecule has 1 saturated heterocycles. The molecule has 1 aromatic carbocycles. The third kappa shape index (κ3) is 4.57. The standard InChI is InChI=1S/C17H16N4O3S/c1-21(16-18-7-2-8-19-16)9-10-24-13-5-3-12(4-6-13)11-14-15(22)20-17(23)25-14/h2-8,11H,9-10H2,1H3,(H,20,22,23)/b14-11+. The molecular weight excluding hydrogens is 340 g/mol. The second-order valence-electron chi connectivity index (χ2n) is 5.24. The lowest BCUT2D eigenvalue weighted by atomic mass is 10.2. The third-order valence-corrected chi connectivity index (χ3v) is 4.22. The highest BCUT2D eigenvalue weighted by atomic mass is 32.2. The van der Waals surface area contributed by atoms with Crippen LogP contribution in [0.4, 0.5) is 10.7 Å². The van der Waals surface area contributed by atoms with E-state index in [1.54, 1.807) is 24.5 Å². The Morgan fingerprint density at radius 2 is 1.92 bits per heavy atom. The highest BCUT2D eigenvalue weighted by Gasteiger charge is 2.24. The summed E-state index contributed by atoms with van der Waals surface area (Å²) >= 11 is 0.901. The molecule has 2 amide bonds. The predicted octanol–water partition coefficient (Wildman–Crippen LogP) is 2.32. The quantitative estimate of drug-likeness (QED) is 0.795. The molecule has 0 bridgehead atoms. The number of nitrogens with one attached hydrogen (secondary N) is 1. The molecular formula is C17H16N4O3S. The fourth-order valence-electron chi connectivity index (χ4n) is 2.12. The first-order valence-corrected chi connectivity index (χ1v) is 8.39. The second kappa shape index (κ2) is 7.80. The number of thioether (sulfide) groups is 1. The Hall–Kier alpha value is -2.87. The van der Waals surface area contributed by atoms with Crippen molar-refractivity contribution in [2.75, 3.05) is 25.1 Å². The second-order valence-corrected chi connectivity index (χ2v) is 6.25. The highest BCUT2D eigenvalue weighted by Crippen LogP contribution is 2.26. The van der Waals surface area contributed by atoms with E-state index in [0.717, 1.165) is 23.1 Å². The van der Waals surface area contributed by atoms with Crippen molar-refractivity contribution >= 4 is 34.9 Å². The Morgan fingerprint density at radius 1 is 1.20 bits per heavy atom. The van der Waals surface area contributed by atoms with Gasteiger partial charge in [-0.2, -0.15) is 0 Å². The summed E-state index contributed by atoms with van der Waals surface area (Å²) in [6, 6.07) is 9.09. The first-order valence-electron chi connectivity index (χ1n) is 7.58. The van der Waals surface area contributed by atoms with Crippen molar-refractivity contribution in [1.29, 1.82) is 0 Å². The van der Waals surface area contributed by atoms with Crippen LogP contribution in [0.2, 0.25) is 0 Å². The molecule has 1 aromatic heterocycles. The van der Waals surface area contributed by atoms with E-state index >= 15 is 0 Å². The van der Waals surface area contributed by atoms with Crippen LogP contribution in [0.3, 0.4) is 0 Å². The molecule has 0 radical (unpaired) electrons. The van der Waals surface area contributed by atoms with E-state index in [2.05, 4.69) is 15.3 Å². The van der Waals surface area contributed by atoms with Gasteiger partial charge in [0.15, 0.2) is 0 Å². The normalized spacial score (nSPS) is 15.3. The fraction of sp³-hybridized carbons (Fsp3) is 0.176. The number of hydrogen-bond acceptors (Lipinski definition) is 7. The van der Waals surface area contributed by atoms with Crippen molar-refractivity contribution in [3.05, 3.63) is 53.2 Å². The predicted molar refractivity (Wildman–Crippen MR) is 96.3 cm³/mol. The number of aromatic nitrogens is 2. The van der Waals surface area contributed by atoms with E-state index in [-0.39, 0.29) is 11.1 Å². The number of anilines is 1. The van der Waals surface area contributed by atoms with Crippen LogP contribution in [0.1, 0.15) is 5.56 Å². The van der Waals surface area contributed by atoms with Crippen LogP contribution in [0.15, 0.2) is 47.6 Å². The fourth-order valence-corrected chi connectivity index (χ4v) is 2.80. The molecule has 8 heteroatoms. The Morgan fingerprint density at radius 3 is 2.56 bits per heavy atom. The van der Waals surface area contributed by atoms with Gasteiger partial charge in [-0.15, -0.1) is 0 Å². The molecule has 2 aromatic rings. The van der Waals surface area contributed by atoms with E-state index in [9.17, 15) is 9.59 Å². The molecule has 0 saturated carbocycles. The van der Waals surface area contributed by atoms with Crippen molar-refractivity contribution in [2.45, 2.75) is 0 Å². The topological polar surface area (TPSA) is 84.4 Å². The Balaban J connectivity index is 1.52. The summed E-state index contributed by atoms with van der Waals surface area (Å²) in [7, 11) is 1.90. The zero-order valence-electron chi connectivity index (χ0n) is 13.5. The molecule has 0 atom stereocenters. The van der Waals surface area contributed by atoms with Crippen molar-refractivity contribution in [3.8, 4) is 5.75 Å². The van der Waals surface area contributed by atoms with Gasteiger partial charge in [0, 0.05) is 19.4 Å². The van der Waals surface area contributed by atoms with Gasteiger partial charge < -0.3 is 9.64 Å². The molecule has 0 spiro atoms. The molecule has 3 rings (SSSR count). The van der Waals surface area contributed by atoms with E-state index in [0.29, 0.717) is 24.0 Å². The van der Waals surface area contributed by atoms with Crippen molar-refractivity contribution in [1.82, 2.24) is 15.3 Å². The van der Waals surface area contributed by atoms with Crippen LogP contribution in [0.25, 0.3) is 6.08 Å². The van der Waals surface area contributed by atoms with E-state index in [1.165, 1.54) is 0 Å². The molecule has 1 fully saturated rings. The number of nitrogens with zero attached hydrogens (tertiary/aromatic N) is 3. The third-order valence-electron chi connectivity index (χ3n) is 3.41. The van der Waals surface area contributed by atoms with Crippen LogP contribution in [-0.4, -0.2) is 41.3 Å². The number of hydrogen-bond donors (Lipinski definition) is 1. The van der Waals surface area contributed by atoms with Crippen LogP contribution in [-0.2, 0) is 4.79 Å². The molecule has 1 aliphatic rings. The number of carbonyl (C=O) groups excluding carboxylic acids is 2. The molecule has 7 nitrogen and oxygen atoms in total. The number of carbonyl (C=O) groups is 2. The summed E-state index contributed by atoms with van der Waals surface area (Å²) in [5, 5.41) is 1.88. The van der Waals surface area contributed by atoms with Gasteiger partial charge in [-0.1, -0.05) is 12.1 Å². The molecule has 25 heavy (non-hydrogen) atoms. The maximum absolute atomic E-state index is 11.5. The van der Waals surface area contributed by atoms with Gasteiger partial charge in [0.25, 0.3) is 11.1 Å². The van der Waals surface area contributed by atoms with Gasteiger partial charge in [-0.05, 0) is 41.6 Å². The van der Waals surface area contributed by atoms with E-state index < -0.39 is 0 Å². The molecule has 0 unspecified atom stereocenters. The van der Waals surface area contributed by atoms with E-state index in [1.807, 2.05) is 36.2 Å². The zero-order valence-corrected chi connectivity index (χ0v) is 14.3. The van der Waals surface area contributed by atoms with Crippen molar-refractivity contribution in [2.24, 2.45) is 0 Å². The lowest BCUT2D eigenvalue weighted by Gasteiger charge is -2.16. The van der Waals surface area contributed by atoms with Gasteiger partial charge >= 0.3 is 0 Å². The first-order chi connectivity index (χ1) is 12.1. The molecule has 2 heterocycles. The van der Waals surface area contributed by atoms with Gasteiger partial charge in [-0.25, -0.2) is 9.97 Å². The SMILES string of the molecule is CN(CCOc1ccc(/C=C2/SC(=O)NC2=O)cc1)c1ncccn1. The van der Waals surface area contributed by atoms with Gasteiger partial charge in [0.2, 0.25) is 5.95 Å². The van der Waals surface area contributed by atoms with Crippen molar-refractivity contribution < 1.29 is 14.3 Å². The molecule has 1 N–H and O–H groups in total.